The first-order valence-corrected chi connectivity index (χ1v) is 9.66. The summed E-state index contributed by atoms with van der Waals surface area (Å²) >= 11 is 1.46. The maximum absolute atomic E-state index is 6.05. The van der Waals surface area contributed by atoms with Crippen LogP contribution in [0.25, 0.3) is 49.1 Å². The zero-order valence-corrected chi connectivity index (χ0v) is 15.6. The molecule has 28 heavy (non-hydrogen) atoms. The van der Waals surface area contributed by atoms with Gasteiger partial charge in [0.15, 0.2) is 10.8 Å². The standard InChI is InChI=1S/C21H13N5OS/c1-12-14-7-3-5-9-17(14)27-18(12)19-23-24-21-26(19)25-20(28-21)16-11-10-13-6-2-4-8-15(13)22-16/h2-11H,1H3. The average Bonchev–Trinajstić information content (AvgIpc) is 3.41. The van der Waals surface area contributed by atoms with Gasteiger partial charge >= 0.3 is 0 Å². The summed E-state index contributed by atoms with van der Waals surface area (Å²) in [6, 6.07) is 20.0. The van der Waals surface area contributed by atoms with Crippen molar-refractivity contribution in [2.75, 3.05) is 0 Å². The van der Waals surface area contributed by atoms with Crippen molar-refractivity contribution in [1.29, 1.82) is 0 Å². The lowest BCUT2D eigenvalue weighted by Crippen LogP contribution is -1.92. The van der Waals surface area contributed by atoms with Gasteiger partial charge in [-0.25, -0.2) is 4.98 Å². The van der Waals surface area contributed by atoms with Gasteiger partial charge in [0.05, 0.1) is 5.52 Å². The molecule has 0 bridgehead atoms. The van der Waals surface area contributed by atoms with Gasteiger partial charge in [0, 0.05) is 16.3 Å². The molecule has 0 saturated carbocycles. The molecule has 0 saturated heterocycles. The minimum atomic E-state index is 0.604. The Labute approximate surface area is 163 Å². The molecule has 4 heterocycles. The monoisotopic (exact) mass is 383 g/mol. The molecule has 6 aromatic rings. The van der Waals surface area contributed by atoms with Crippen molar-refractivity contribution in [3.63, 3.8) is 0 Å². The second-order valence-corrected chi connectivity index (χ2v) is 7.52. The summed E-state index contributed by atoms with van der Waals surface area (Å²) in [5, 5.41) is 16.3. The van der Waals surface area contributed by atoms with Gasteiger partial charge in [-0.3, -0.25) is 0 Å². The van der Waals surface area contributed by atoms with Crippen molar-refractivity contribution in [3.8, 4) is 22.3 Å². The van der Waals surface area contributed by atoms with E-state index >= 15 is 0 Å². The number of aryl methyl sites for hydroxylation is 1. The summed E-state index contributed by atoms with van der Waals surface area (Å²) in [5.41, 5.74) is 3.63. The molecule has 0 radical (unpaired) electrons. The molecule has 6 rings (SSSR count). The molecule has 0 aliphatic carbocycles. The summed E-state index contributed by atoms with van der Waals surface area (Å²) in [6.45, 7) is 2.03. The van der Waals surface area contributed by atoms with Crippen LogP contribution in [0.2, 0.25) is 0 Å². The van der Waals surface area contributed by atoms with Crippen LogP contribution in [0.15, 0.2) is 65.1 Å². The zero-order valence-electron chi connectivity index (χ0n) is 14.8. The number of aromatic nitrogens is 5. The number of pyridine rings is 1. The molecule has 0 unspecified atom stereocenters. The van der Waals surface area contributed by atoms with Crippen molar-refractivity contribution in [2.45, 2.75) is 6.92 Å². The number of hydrogen-bond acceptors (Lipinski definition) is 6. The first-order chi connectivity index (χ1) is 13.8. The molecule has 0 aliphatic rings. The Morgan fingerprint density at radius 1 is 0.929 bits per heavy atom. The van der Waals surface area contributed by atoms with Crippen LogP contribution in [0.4, 0.5) is 0 Å². The number of furan rings is 1. The largest absolute Gasteiger partial charge is 0.452 e. The van der Waals surface area contributed by atoms with Crippen LogP contribution >= 0.6 is 11.3 Å². The highest BCUT2D eigenvalue weighted by Crippen LogP contribution is 2.34. The van der Waals surface area contributed by atoms with E-state index in [-0.39, 0.29) is 0 Å². The molecule has 0 N–H and O–H groups in total. The Balaban J connectivity index is 1.52. The molecule has 6 nitrogen and oxygen atoms in total. The molecule has 0 atom stereocenters. The van der Waals surface area contributed by atoms with Crippen molar-refractivity contribution in [1.82, 2.24) is 24.8 Å². The van der Waals surface area contributed by atoms with E-state index in [1.165, 1.54) is 11.3 Å². The second kappa shape index (κ2) is 5.71. The first-order valence-electron chi connectivity index (χ1n) is 8.85. The van der Waals surface area contributed by atoms with Crippen LogP contribution < -0.4 is 0 Å². The fraction of sp³-hybridized carbons (Fsp3) is 0.0476. The predicted octanol–water partition coefficient (Wildman–Crippen LogP) is 5.12. The second-order valence-electron chi connectivity index (χ2n) is 6.57. The smallest absolute Gasteiger partial charge is 0.235 e. The number of rotatable bonds is 2. The lowest BCUT2D eigenvalue weighted by atomic mass is 10.1. The predicted molar refractivity (Wildman–Crippen MR) is 109 cm³/mol. The topological polar surface area (TPSA) is 69.1 Å². The Bertz CT molecular complexity index is 1490. The summed E-state index contributed by atoms with van der Waals surface area (Å²) in [5.74, 6) is 1.30. The van der Waals surface area contributed by atoms with Crippen LogP contribution in [0.3, 0.4) is 0 Å². The van der Waals surface area contributed by atoms with E-state index in [1.807, 2.05) is 61.5 Å². The summed E-state index contributed by atoms with van der Waals surface area (Å²) in [7, 11) is 0. The molecule has 7 heteroatoms. The molecule has 2 aromatic carbocycles. The van der Waals surface area contributed by atoms with E-state index in [0.717, 1.165) is 38.1 Å². The maximum atomic E-state index is 6.05. The van der Waals surface area contributed by atoms with E-state index in [0.29, 0.717) is 16.5 Å². The van der Waals surface area contributed by atoms with Crippen LogP contribution in [0, 0.1) is 6.92 Å². The Hall–Kier alpha value is -3.58. The normalized spacial score (nSPS) is 11.8. The van der Waals surface area contributed by atoms with E-state index in [9.17, 15) is 0 Å². The fourth-order valence-corrected chi connectivity index (χ4v) is 4.24. The van der Waals surface area contributed by atoms with E-state index in [4.69, 9.17) is 14.5 Å². The molecular weight excluding hydrogens is 370 g/mol. The highest BCUT2D eigenvalue weighted by atomic mass is 32.1. The van der Waals surface area contributed by atoms with Crippen LogP contribution in [0.5, 0.6) is 0 Å². The van der Waals surface area contributed by atoms with Gasteiger partial charge in [0.2, 0.25) is 10.8 Å². The molecule has 0 fully saturated rings. The Morgan fingerprint density at radius 2 is 1.79 bits per heavy atom. The van der Waals surface area contributed by atoms with Crippen LogP contribution in [-0.2, 0) is 0 Å². The summed E-state index contributed by atoms with van der Waals surface area (Å²) in [4.78, 5) is 5.45. The summed E-state index contributed by atoms with van der Waals surface area (Å²) in [6.07, 6.45) is 0. The molecule has 4 aromatic heterocycles. The van der Waals surface area contributed by atoms with Gasteiger partial charge < -0.3 is 4.42 Å². The van der Waals surface area contributed by atoms with Gasteiger partial charge in [-0.2, -0.15) is 9.61 Å². The molecule has 0 amide bonds. The highest BCUT2D eigenvalue weighted by molar-refractivity contribution is 7.19. The third kappa shape index (κ3) is 2.20. The Kier molecular flexibility index (Phi) is 3.15. The van der Waals surface area contributed by atoms with Crippen molar-refractivity contribution in [2.24, 2.45) is 0 Å². The molecule has 134 valence electrons. The number of para-hydroxylation sites is 2. The number of fused-ring (bicyclic) bond motifs is 3. The van der Waals surface area contributed by atoms with Crippen LogP contribution in [0.1, 0.15) is 5.56 Å². The quantitative estimate of drug-likeness (QED) is 0.415. The van der Waals surface area contributed by atoms with Gasteiger partial charge in [-0.15, -0.1) is 10.2 Å². The van der Waals surface area contributed by atoms with Gasteiger partial charge in [0.25, 0.3) is 0 Å². The zero-order chi connectivity index (χ0) is 18.7. The maximum Gasteiger partial charge on any atom is 0.235 e. The number of benzene rings is 2. The van der Waals surface area contributed by atoms with E-state index in [2.05, 4.69) is 16.3 Å². The Morgan fingerprint density at radius 3 is 2.71 bits per heavy atom. The van der Waals surface area contributed by atoms with Gasteiger partial charge in [-0.05, 0) is 25.1 Å². The minimum Gasteiger partial charge on any atom is -0.452 e. The van der Waals surface area contributed by atoms with Crippen molar-refractivity contribution in [3.05, 3.63) is 66.2 Å². The van der Waals surface area contributed by atoms with E-state index in [1.54, 1.807) is 4.52 Å². The fourth-order valence-electron chi connectivity index (χ4n) is 3.43. The lowest BCUT2D eigenvalue weighted by molar-refractivity contribution is 0.619. The van der Waals surface area contributed by atoms with Gasteiger partial charge in [0.1, 0.15) is 11.3 Å². The van der Waals surface area contributed by atoms with Crippen molar-refractivity contribution < 1.29 is 4.42 Å². The summed E-state index contributed by atoms with van der Waals surface area (Å²) < 4.78 is 7.79. The third-order valence-corrected chi connectivity index (χ3v) is 5.78. The third-order valence-electron chi connectivity index (χ3n) is 4.86. The molecular formula is C21H13N5OS. The lowest BCUT2D eigenvalue weighted by Gasteiger charge is -1.99. The number of nitrogens with zero attached hydrogens (tertiary/aromatic N) is 5. The van der Waals surface area contributed by atoms with Crippen molar-refractivity contribution >= 4 is 38.2 Å². The minimum absolute atomic E-state index is 0.604. The molecule has 0 spiro atoms. The number of hydrogen-bond donors (Lipinski definition) is 0. The SMILES string of the molecule is Cc1c(-c2nnc3sc(-c4ccc5ccccc5n4)nn23)oc2ccccc12. The van der Waals surface area contributed by atoms with Crippen LogP contribution in [-0.4, -0.2) is 24.8 Å². The average molecular weight is 383 g/mol. The van der Waals surface area contributed by atoms with Gasteiger partial charge in [-0.1, -0.05) is 53.8 Å². The first kappa shape index (κ1) is 15.5. The molecule has 0 aliphatic heterocycles. The van der Waals surface area contributed by atoms with E-state index < -0.39 is 0 Å². The highest BCUT2D eigenvalue weighted by Gasteiger charge is 2.21.